The second kappa shape index (κ2) is 5.18. The van der Waals surface area contributed by atoms with Crippen LogP contribution in [0.15, 0.2) is 12.1 Å². The summed E-state index contributed by atoms with van der Waals surface area (Å²) in [7, 11) is 0. The quantitative estimate of drug-likeness (QED) is 0.561. The van der Waals surface area contributed by atoms with E-state index in [0.29, 0.717) is 0 Å². The molecular formula is C8H7I3O. The zero-order chi connectivity index (χ0) is 9.14. The maximum Gasteiger partial charge on any atom is 0.145 e. The SMILES string of the molecule is CCOc1c(I)cc(I)cc1I. The standard InChI is InChI=1S/C8H7I3O/c1-2-12-8-6(10)3-5(9)4-7(8)11/h3-4H,2H2,1H3. The van der Waals surface area contributed by atoms with Crippen molar-refractivity contribution in [2.24, 2.45) is 0 Å². The summed E-state index contributed by atoms with van der Waals surface area (Å²) in [5.41, 5.74) is 0. The zero-order valence-electron chi connectivity index (χ0n) is 6.40. The summed E-state index contributed by atoms with van der Waals surface area (Å²) >= 11 is 6.91. The number of benzene rings is 1. The molecule has 0 spiro atoms. The van der Waals surface area contributed by atoms with Gasteiger partial charge in [0.05, 0.1) is 13.7 Å². The van der Waals surface area contributed by atoms with E-state index in [4.69, 9.17) is 4.74 Å². The van der Waals surface area contributed by atoms with Crippen molar-refractivity contribution in [3.8, 4) is 5.75 Å². The number of hydrogen-bond donors (Lipinski definition) is 0. The molecule has 1 aromatic carbocycles. The lowest BCUT2D eigenvalue weighted by Crippen LogP contribution is -1.96. The molecule has 0 radical (unpaired) electrons. The summed E-state index contributed by atoms with van der Waals surface area (Å²) < 4.78 is 9.13. The number of halogens is 3. The highest BCUT2D eigenvalue weighted by atomic mass is 127. The lowest BCUT2D eigenvalue weighted by Gasteiger charge is -2.08. The van der Waals surface area contributed by atoms with Crippen molar-refractivity contribution >= 4 is 67.8 Å². The van der Waals surface area contributed by atoms with E-state index in [1.54, 1.807) is 0 Å². The van der Waals surface area contributed by atoms with Crippen LogP contribution in [-0.4, -0.2) is 6.61 Å². The Morgan fingerprint density at radius 1 is 1.17 bits per heavy atom. The summed E-state index contributed by atoms with van der Waals surface area (Å²) in [6, 6.07) is 4.24. The molecule has 0 aliphatic rings. The Hall–Kier alpha value is 1.21. The highest BCUT2D eigenvalue weighted by Gasteiger charge is 2.06. The predicted molar refractivity (Wildman–Crippen MR) is 75.8 cm³/mol. The molecule has 0 amide bonds. The molecule has 0 aliphatic heterocycles. The first-order valence-electron chi connectivity index (χ1n) is 3.42. The normalized spacial score (nSPS) is 10.0. The van der Waals surface area contributed by atoms with Gasteiger partial charge in [-0.05, 0) is 86.8 Å². The molecule has 0 unspecified atom stereocenters. The van der Waals surface area contributed by atoms with Crippen LogP contribution in [0.2, 0.25) is 0 Å². The summed E-state index contributed by atoms with van der Waals surface area (Å²) in [4.78, 5) is 0. The maximum atomic E-state index is 5.50. The molecule has 0 heterocycles. The monoisotopic (exact) mass is 500 g/mol. The second-order valence-corrected chi connectivity index (χ2v) is 5.70. The van der Waals surface area contributed by atoms with E-state index in [0.717, 1.165) is 12.4 Å². The van der Waals surface area contributed by atoms with Gasteiger partial charge in [0, 0.05) is 3.57 Å². The van der Waals surface area contributed by atoms with Gasteiger partial charge in [-0.2, -0.15) is 0 Å². The van der Waals surface area contributed by atoms with Crippen LogP contribution in [0.5, 0.6) is 5.75 Å². The molecular weight excluding hydrogens is 493 g/mol. The van der Waals surface area contributed by atoms with E-state index in [-0.39, 0.29) is 0 Å². The van der Waals surface area contributed by atoms with Gasteiger partial charge in [-0.3, -0.25) is 0 Å². The van der Waals surface area contributed by atoms with E-state index in [1.807, 2.05) is 6.92 Å². The van der Waals surface area contributed by atoms with Gasteiger partial charge >= 0.3 is 0 Å². The fraction of sp³-hybridized carbons (Fsp3) is 0.250. The summed E-state index contributed by atoms with van der Waals surface area (Å²) in [5, 5.41) is 0. The third kappa shape index (κ3) is 2.86. The fourth-order valence-corrected chi connectivity index (χ4v) is 4.71. The lowest BCUT2D eigenvalue weighted by atomic mass is 10.3. The van der Waals surface area contributed by atoms with Gasteiger partial charge in [-0.1, -0.05) is 0 Å². The molecule has 0 saturated carbocycles. The van der Waals surface area contributed by atoms with Crippen LogP contribution >= 0.6 is 67.8 Å². The Labute approximate surface area is 113 Å². The third-order valence-electron chi connectivity index (χ3n) is 1.25. The zero-order valence-corrected chi connectivity index (χ0v) is 12.9. The Morgan fingerprint density at radius 3 is 2.08 bits per heavy atom. The molecule has 4 heteroatoms. The van der Waals surface area contributed by atoms with Gasteiger partial charge in [0.25, 0.3) is 0 Å². The van der Waals surface area contributed by atoms with Crippen LogP contribution in [0, 0.1) is 10.7 Å². The third-order valence-corrected chi connectivity index (χ3v) is 3.48. The van der Waals surface area contributed by atoms with Crippen LogP contribution in [-0.2, 0) is 0 Å². The first-order chi connectivity index (χ1) is 5.65. The van der Waals surface area contributed by atoms with Crippen molar-refractivity contribution in [3.05, 3.63) is 22.8 Å². The Kier molecular flexibility index (Phi) is 4.87. The first kappa shape index (κ1) is 11.3. The molecule has 0 aromatic heterocycles. The Balaban J connectivity index is 3.10. The average Bonchev–Trinajstić information content (AvgIpc) is 1.96. The minimum absolute atomic E-state index is 0.729. The van der Waals surface area contributed by atoms with Crippen molar-refractivity contribution in [3.63, 3.8) is 0 Å². The number of rotatable bonds is 2. The first-order valence-corrected chi connectivity index (χ1v) is 6.66. The molecule has 1 aromatic rings. The molecule has 1 nitrogen and oxygen atoms in total. The van der Waals surface area contributed by atoms with Crippen LogP contribution in [0.3, 0.4) is 0 Å². The van der Waals surface area contributed by atoms with Gasteiger partial charge in [0.2, 0.25) is 0 Å². The van der Waals surface area contributed by atoms with Gasteiger partial charge in [-0.25, -0.2) is 0 Å². The minimum atomic E-state index is 0.729. The lowest BCUT2D eigenvalue weighted by molar-refractivity contribution is 0.335. The van der Waals surface area contributed by atoms with Crippen LogP contribution in [0.4, 0.5) is 0 Å². The van der Waals surface area contributed by atoms with Crippen molar-refractivity contribution in [1.82, 2.24) is 0 Å². The van der Waals surface area contributed by atoms with Crippen LogP contribution < -0.4 is 4.74 Å². The molecule has 0 fully saturated rings. The summed E-state index contributed by atoms with van der Waals surface area (Å²) in [6.45, 7) is 2.73. The fourth-order valence-electron chi connectivity index (χ4n) is 0.811. The van der Waals surface area contributed by atoms with Gasteiger partial charge in [0.1, 0.15) is 5.75 Å². The van der Waals surface area contributed by atoms with E-state index in [9.17, 15) is 0 Å². The van der Waals surface area contributed by atoms with E-state index >= 15 is 0 Å². The van der Waals surface area contributed by atoms with Crippen molar-refractivity contribution in [2.75, 3.05) is 6.61 Å². The van der Waals surface area contributed by atoms with E-state index < -0.39 is 0 Å². The minimum Gasteiger partial charge on any atom is -0.492 e. The number of ether oxygens (including phenoxy) is 1. The van der Waals surface area contributed by atoms with Crippen molar-refractivity contribution in [1.29, 1.82) is 0 Å². The van der Waals surface area contributed by atoms with Crippen molar-refractivity contribution in [2.45, 2.75) is 6.92 Å². The topological polar surface area (TPSA) is 9.23 Å². The molecule has 0 bridgehead atoms. The number of hydrogen-bond acceptors (Lipinski definition) is 1. The molecule has 66 valence electrons. The molecule has 0 N–H and O–H groups in total. The highest BCUT2D eigenvalue weighted by molar-refractivity contribution is 14.1. The molecule has 0 atom stereocenters. The van der Waals surface area contributed by atoms with Gasteiger partial charge in [0.15, 0.2) is 0 Å². The van der Waals surface area contributed by atoms with E-state index in [2.05, 4.69) is 79.9 Å². The van der Waals surface area contributed by atoms with Gasteiger partial charge < -0.3 is 4.74 Å². The van der Waals surface area contributed by atoms with E-state index in [1.165, 1.54) is 10.7 Å². The Morgan fingerprint density at radius 2 is 1.67 bits per heavy atom. The molecule has 0 aliphatic carbocycles. The molecule has 0 saturated heterocycles. The highest BCUT2D eigenvalue weighted by Crippen LogP contribution is 2.29. The maximum absolute atomic E-state index is 5.50. The van der Waals surface area contributed by atoms with Crippen LogP contribution in [0.1, 0.15) is 6.92 Å². The summed E-state index contributed by atoms with van der Waals surface area (Å²) in [5.74, 6) is 1.01. The molecule has 12 heavy (non-hydrogen) atoms. The predicted octanol–water partition coefficient (Wildman–Crippen LogP) is 3.90. The Bertz CT molecular complexity index is 263. The van der Waals surface area contributed by atoms with Crippen LogP contribution in [0.25, 0.3) is 0 Å². The van der Waals surface area contributed by atoms with Crippen molar-refractivity contribution < 1.29 is 4.74 Å². The average molecular weight is 500 g/mol. The second-order valence-electron chi connectivity index (χ2n) is 2.13. The smallest absolute Gasteiger partial charge is 0.145 e. The summed E-state index contributed by atoms with van der Waals surface area (Å²) in [6.07, 6.45) is 0. The largest absolute Gasteiger partial charge is 0.492 e. The molecule has 1 rings (SSSR count). The van der Waals surface area contributed by atoms with Gasteiger partial charge in [-0.15, -0.1) is 0 Å².